The molecule has 1 aliphatic heterocycles. The summed E-state index contributed by atoms with van der Waals surface area (Å²) < 4.78 is 0. The van der Waals surface area contributed by atoms with Crippen molar-refractivity contribution in [3.8, 4) is 0 Å². The predicted octanol–water partition coefficient (Wildman–Crippen LogP) is 0.273. The SMILES string of the molecule is NC1CCN(C2CC2)CCC1C(=O)O. The maximum atomic E-state index is 10.9. The van der Waals surface area contributed by atoms with Gasteiger partial charge in [-0.05, 0) is 38.8 Å². The predicted molar refractivity (Wildman–Crippen MR) is 52.9 cm³/mol. The minimum absolute atomic E-state index is 0.156. The lowest BCUT2D eigenvalue weighted by Gasteiger charge is -2.18. The molecule has 4 heteroatoms. The van der Waals surface area contributed by atoms with Crippen molar-refractivity contribution in [3.63, 3.8) is 0 Å². The fourth-order valence-corrected chi connectivity index (χ4v) is 2.26. The van der Waals surface area contributed by atoms with Gasteiger partial charge in [-0.3, -0.25) is 4.79 Å². The van der Waals surface area contributed by atoms with Crippen LogP contribution in [0.5, 0.6) is 0 Å². The molecule has 2 unspecified atom stereocenters. The molecular formula is C10H18N2O2. The molecule has 14 heavy (non-hydrogen) atoms. The van der Waals surface area contributed by atoms with Gasteiger partial charge in [0.05, 0.1) is 5.92 Å². The summed E-state index contributed by atoms with van der Waals surface area (Å²) in [6, 6.07) is 0.575. The number of nitrogens with two attached hydrogens (primary N) is 1. The quantitative estimate of drug-likeness (QED) is 0.668. The van der Waals surface area contributed by atoms with Crippen LogP contribution >= 0.6 is 0 Å². The molecule has 0 aromatic rings. The van der Waals surface area contributed by atoms with Crippen LogP contribution in [0.3, 0.4) is 0 Å². The van der Waals surface area contributed by atoms with Crippen LogP contribution < -0.4 is 5.73 Å². The van der Waals surface area contributed by atoms with Gasteiger partial charge < -0.3 is 15.7 Å². The van der Waals surface area contributed by atoms with E-state index in [0.29, 0.717) is 6.42 Å². The molecule has 2 fully saturated rings. The van der Waals surface area contributed by atoms with E-state index in [-0.39, 0.29) is 12.0 Å². The van der Waals surface area contributed by atoms with Crippen molar-refractivity contribution in [1.29, 1.82) is 0 Å². The van der Waals surface area contributed by atoms with Crippen LogP contribution in [0.4, 0.5) is 0 Å². The third-order valence-corrected chi connectivity index (χ3v) is 3.37. The Kier molecular flexibility index (Phi) is 2.74. The Balaban J connectivity index is 1.94. The van der Waals surface area contributed by atoms with Crippen molar-refractivity contribution in [2.75, 3.05) is 13.1 Å². The Morgan fingerprint density at radius 3 is 2.43 bits per heavy atom. The standard InChI is InChI=1S/C10H18N2O2/c11-9-4-6-12(7-1-2-7)5-3-8(9)10(13)14/h7-9H,1-6,11H2,(H,13,14). The molecule has 0 radical (unpaired) electrons. The molecule has 0 bridgehead atoms. The van der Waals surface area contributed by atoms with Crippen LogP contribution in [0.25, 0.3) is 0 Å². The number of nitrogens with zero attached hydrogens (tertiary/aromatic N) is 1. The van der Waals surface area contributed by atoms with Gasteiger partial charge >= 0.3 is 5.97 Å². The highest BCUT2D eigenvalue weighted by molar-refractivity contribution is 5.70. The highest BCUT2D eigenvalue weighted by atomic mass is 16.4. The second-order valence-electron chi connectivity index (χ2n) is 4.45. The van der Waals surface area contributed by atoms with E-state index in [4.69, 9.17) is 10.8 Å². The van der Waals surface area contributed by atoms with Gasteiger partial charge in [0.1, 0.15) is 0 Å². The number of carbonyl (C=O) groups is 1. The largest absolute Gasteiger partial charge is 0.481 e. The van der Waals surface area contributed by atoms with Crippen LogP contribution in [-0.2, 0) is 4.79 Å². The van der Waals surface area contributed by atoms with Crippen LogP contribution in [0.2, 0.25) is 0 Å². The summed E-state index contributed by atoms with van der Waals surface area (Å²) in [6.07, 6.45) is 4.11. The topological polar surface area (TPSA) is 66.6 Å². The summed E-state index contributed by atoms with van der Waals surface area (Å²) in [4.78, 5) is 13.3. The molecule has 0 amide bonds. The summed E-state index contributed by atoms with van der Waals surface area (Å²) in [6.45, 7) is 1.89. The normalized spacial score (nSPS) is 35.2. The van der Waals surface area contributed by atoms with Crippen LogP contribution in [0.15, 0.2) is 0 Å². The molecule has 0 aromatic heterocycles. The molecule has 3 N–H and O–H groups in total. The molecule has 0 spiro atoms. The third kappa shape index (κ3) is 2.07. The second kappa shape index (κ2) is 3.87. The average molecular weight is 198 g/mol. The van der Waals surface area contributed by atoms with Crippen molar-refractivity contribution in [3.05, 3.63) is 0 Å². The number of likely N-dealkylation sites (tertiary alicyclic amines) is 1. The van der Waals surface area contributed by atoms with E-state index in [1.165, 1.54) is 12.8 Å². The number of rotatable bonds is 2. The lowest BCUT2D eigenvalue weighted by atomic mass is 9.96. The molecule has 2 atom stereocenters. The molecule has 1 saturated heterocycles. The van der Waals surface area contributed by atoms with E-state index in [1.807, 2.05) is 0 Å². The first-order valence-corrected chi connectivity index (χ1v) is 5.41. The average Bonchev–Trinajstić information content (AvgIpc) is 2.89. The van der Waals surface area contributed by atoms with Crippen LogP contribution in [0, 0.1) is 5.92 Å². The van der Waals surface area contributed by atoms with E-state index in [2.05, 4.69) is 4.90 Å². The Bertz CT molecular complexity index is 228. The Morgan fingerprint density at radius 2 is 1.86 bits per heavy atom. The van der Waals surface area contributed by atoms with Crippen molar-refractivity contribution >= 4 is 5.97 Å². The Hall–Kier alpha value is -0.610. The van der Waals surface area contributed by atoms with Crippen molar-refractivity contribution < 1.29 is 9.90 Å². The lowest BCUT2D eigenvalue weighted by molar-refractivity contribution is -0.142. The van der Waals surface area contributed by atoms with Crippen molar-refractivity contribution in [2.45, 2.75) is 37.8 Å². The maximum absolute atomic E-state index is 10.9. The summed E-state index contributed by atoms with van der Waals surface area (Å²) in [5.74, 6) is -1.06. The number of carboxylic acids is 1. The first kappa shape index (κ1) is 9.93. The summed E-state index contributed by atoms with van der Waals surface area (Å²) >= 11 is 0. The second-order valence-corrected chi connectivity index (χ2v) is 4.45. The third-order valence-electron chi connectivity index (χ3n) is 3.37. The zero-order valence-corrected chi connectivity index (χ0v) is 8.35. The van der Waals surface area contributed by atoms with Gasteiger partial charge in [0, 0.05) is 12.1 Å². The van der Waals surface area contributed by atoms with E-state index in [0.717, 1.165) is 25.6 Å². The first-order valence-electron chi connectivity index (χ1n) is 5.41. The Morgan fingerprint density at radius 1 is 1.21 bits per heavy atom. The Labute approximate surface area is 84.1 Å². The molecular weight excluding hydrogens is 180 g/mol. The summed E-state index contributed by atoms with van der Waals surface area (Å²) in [7, 11) is 0. The van der Waals surface area contributed by atoms with E-state index in [1.54, 1.807) is 0 Å². The molecule has 1 heterocycles. The lowest BCUT2D eigenvalue weighted by Crippen LogP contribution is -2.35. The van der Waals surface area contributed by atoms with E-state index >= 15 is 0 Å². The van der Waals surface area contributed by atoms with Gasteiger partial charge in [-0.25, -0.2) is 0 Å². The van der Waals surface area contributed by atoms with E-state index in [9.17, 15) is 4.79 Å². The number of hydrogen-bond donors (Lipinski definition) is 2. The zero-order chi connectivity index (χ0) is 10.1. The number of hydrogen-bond acceptors (Lipinski definition) is 3. The van der Waals surface area contributed by atoms with Crippen molar-refractivity contribution in [2.24, 2.45) is 11.7 Å². The number of aliphatic carboxylic acids is 1. The molecule has 2 aliphatic rings. The molecule has 2 rings (SSSR count). The summed E-state index contributed by atoms with van der Waals surface area (Å²) in [5.41, 5.74) is 5.86. The number of carboxylic acid groups (broad SMARTS) is 1. The van der Waals surface area contributed by atoms with Gasteiger partial charge in [0.2, 0.25) is 0 Å². The van der Waals surface area contributed by atoms with Gasteiger partial charge in [-0.15, -0.1) is 0 Å². The molecule has 1 aliphatic carbocycles. The first-order chi connectivity index (χ1) is 6.68. The molecule has 4 nitrogen and oxygen atoms in total. The fourth-order valence-electron chi connectivity index (χ4n) is 2.26. The van der Waals surface area contributed by atoms with Gasteiger partial charge in [0.25, 0.3) is 0 Å². The smallest absolute Gasteiger partial charge is 0.308 e. The highest BCUT2D eigenvalue weighted by Crippen LogP contribution is 2.29. The van der Waals surface area contributed by atoms with Crippen molar-refractivity contribution in [1.82, 2.24) is 4.90 Å². The van der Waals surface area contributed by atoms with Gasteiger partial charge in [-0.2, -0.15) is 0 Å². The van der Waals surface area contributed by atoms with Crippen LogP contribution in [-0.4, -0.2) is 41.1 Å². The molecule has 0 aromatic carbocycles. The fraction of sp³-hybridized carbons (Fsp3) is 0.900. The zero-order valence-electron chi connectivity index (χ0n) is 8.35. The monoisotopic (exact) mass is 198 g/mol. The van der Waals surface area contributed by atoms with Crippen LogP contribution in [0.1, 0.15) is 25.7 Å². The van der Waals surface area contributed by atoms with E-state index < -0.39 is 5.97 Å². The summed E-state index contributed by atoms with van der Waals surface area (Å²) in [5, 5.41) is 8.98. The molecule has 1 saturated carbocycles. The van der Waals surface area contributed by atoms with Gasteiger partial charge in [-0.1, -0.05) is 0 Å². The maximum Gasteiger partial charge on any atom is 0.308 e. The molecule has 80 valence electrons. The minimum Gasteiger partial charge on any atom is -0.481 e. The highest BCUT2D eigenvalue weighted by Gasteiger charge is 2.34. The minimum atomic E-state index is -0.727. The van der Waals surface area contributed by atoms with Gasteiger partial charge in [0.15, 0.2) is 0 Å².